The third kappa shape index (κ3) is 4.04. The lowest BCUT2D eigenvalue weighted by Gasteiger charge is -2.24. The van der Waals surface area contributed by atoms with Gasteiger partial charge in [0.2, 0.25) is 0 Å². The van der Waals surface area contributed by atoms with Crippen molar-refractivity contribution >= 4 is 21.4 Å². The van der Waals surface area contributed by atoms with Crippen molar-refractivity contribution in [1.82, 2.24) is 10.0 Å². The topological polar surface area (TPSA) is 58.2 Å². The van der Waals surface area contributed by atoms with Crippen molar-refractivity contribution in [2.75, 3.05) is 13.1 Å². The van der Waals surface area contributed by atoms with Crippen LogP contribution in [-0.4, -0.2) is 27.0 Å². The molecule has 0 aliphatic heterocycles. The summed E-state index contributed by atoms with van der Waals surface area (Å²) in [5, 5.41) is 3.25. The molecule has 6 heteroatoms. The quantitative estimate of drug-likeness (QED) is 0.760. The van der Waals surface area contributed by atoms with E-state index in [1.807, 2.05) is 13.0 Å². The molecule has 0 spiro atoms. The van der Waals surface area contributed by atoms with Crippen LogP contribution < -0.4 is 10.0 Å². The van der Waals surface area contributed by atoms with Crippen molar-refractivity contribution in [2.24, 2.45) is 0 Å². The Labute approximate surface area is 126 Å². The fourth-order valence-corrected chi connectivity index (χ4v) is 5.48. The van der Waals surface area contributed by atoms with Gasteiger partial charge in [0.05, 0.1) is 0 Å². The monoisotopic (exact) mass is 316 g/mol. The average Bonchev–Trinajstić information content (AvgIpc) is 2.98. The highest BCUT2D eigenvalue weighted by molar-refractivity contribution is 7.91. The molecule has 4 nitrogen and oxygen atoms in total. The van der Waals surface area contributed by atoms with Crippen molar-refractivity contribution in [3.8, 4) is 0 Å². The Morgan fingerprint density at radius 1 is 1.30 bits per heavy atom. The Kier molecular flexibility index (Phi) is 5.23. The maximum Gasteiger partial charge on any atom is 0.250 e. The van der Waals surface area contributed by atoms with E-state index >= 15 is 0 Å². The third-order valence-corrected chi connectivity index (χ3v) is 7.06. The summed E-state index contributed by atoms with van der Waals surface area (Å²) in [4.78, 5) is 1.11. The van der Waals surface area contributed by atoms with Gasteiger partial charge in [-0.2, -0.15) is 0 Å². The van der Waals surface area contributed by atoms with Crippen molar-refractivity contribution in [3.05, 3.63) is 17.0 Å². The number of nitrogens with one attached hydrogen (secondary N) is 2. The van der Waals surface area contributed by atoms with Gasteiger partial charge in [0, 0.05) is 10.4 Å². The molecule has 2 N–H and O–H groups in total. The van der Waals surface area contributed by atoms with Crippen LogP contribution in [0.25, 0.3) is 0 Å². The molecule has 0 amide bonds. The van der Waals surface area contributed by atoms with Gasteiger partial charge in [-0.05, 0) is 51.4 Å². The van der Waals surface area contributed by atoms with Gasteiger partial charge in [-0.25, -0.2) is 13.1 Å². The van der Waals surface area contributed by atoms with E-state index in [9.17, 15) is 8.42 Å². The zero-order chi connectivity index (χ0) is 14.6. The average molecular weight is 316 g/mol. The third-order valence-electron chi connectivity index (χ3n) is 3.79. The van der Waals surface area contributed by atoms with Crippen LogP contribution in [0.15, 0.2) is 16.3 Å². The first-order valence-electron chi connectivity index (χ1n) is 7.29. The number of sulfonamides is 1. The van der Waals surface area contributed by atoms with Gasteiger partial charge in [-0.15, -0.1) is 11.3 Å². The van der Waals surface area contributed by atoms with E-state index in [0.29, 0.717) is 4.21 Å². The lowest BCUT2D eigenvalue weighted by atomic mass is 10.0. The molecule has 1 aromatic rings. The Morgan fingerprint density at radius 2 is 2.00 bits per heavy atom. The van der Waals surface area contributed by atoms with Gasteiger partial charge in [-0.3, -0.25) is 0 Å². The normalized spacial score (nSPS) is 18.5. The molecule has 2 rings (SSSR count). The molecule has 0 atom stereocenters. The molecule has 1 saturated carbocycles. The minimum absolute atomic E-state index is 0.257. The van der Waals surface area contributed by atoms with Crippen LogP contribution in [-0.2, 0) is 16.4 Å². The van der Waals surface area contributed by atoms with Crippen LogP contribution in [0.3, 0.4) is 0 Å². The van der Waals surface area contributed by atoms with E-state index < -0.39 is 10.0 Å². The summed E-state index contributed by atoms with van der Waals surface area (Å²) >= 11 is 1.38. The molecule has 1 fully saturated rings. The lowest BCUT2D eigenvalue weighted by molar-refractivity contribution is 0.428. The largest absolute Gasteiger partial charge is 0.317 e. The highest BCUT2D eigenvalue weighted by Crippen LogP contribution is 2.31. The van der Waals surface area contributed by atoms with Crippen LogP contribution >= 0.6 is 11.3 Å². The molecule has 0 radical (unpaired) electrons. The molecule has 1 aliphatic rings. The second kappa shape index (κ2) is 6.56. The van der Waals surface area contributed by atoms with Crippen molar-refractivity contribution < 1.29 is 8.42 Å². The molecule has 0 aromatic carbocycles. The Hall–Kier alpha value is -0.430. The summed E-state index contributed by atoms with van der Waals surface area (Å²) in [5.74, 6) is 0. The van der Waals surface area contributed by atoms with Crippen LogP contribution in [0.1, 0.15) is 44.4 Å². The molecule has 0 unspecified atom stereocenters. The highest BCUT2D eigenvalue weighted by atomic mass is 32.2. The summed E-state index contributed by atoms with van der Waals surface area (Å²) in [6.45, 7) is 5.91. The van der Waals surface area contributed by atoms with Gasteiger partial charge in [0.25, 0.3) is 10.0 Å². The molecule has 0 bridgehead atoms. The first-order valence-corrected chi connectivity index (χ1v) is 9.59. The van der Waals surface area contributed by atoms with E-state index in [1.54, 1.807) is 6.07 Å². The molecule has 114 valence electrons. The first-order chi connectivity index (χ1) is 9.45. The Morgan fingerprint density at radius 3 is 2.65 bits per heavy atom. The number of hydrogen-bond acceptors (Lipinski definition) is 4. The van der Waals surface area contributed by atoms with Crippen LogP contribution in [0, 0.1) is 0 Å². The number of hydrogen-bond donors (Lipinski definition) is 2. The predicted molar refractivity (Wildman–Crippen MR) is 83.8 cm³/mol. The Balaban J connectivity index is 2.02. The second-order valence-electron chi connectivity index (χ2n) is 5.70. The van der Waals surface area contributed by atoms with E-state index in [4.69, 9.17) is 0 Å². The number of rotatable bonds is 7. The summed E-state index contributed by atoms with van der Waals surface area (Å²) in [5.41, 5.74) is -0.257. The molecule has 1 heterocycles. The van der Waals surface area contributed by atoms with Gasteiger partial charge in [-0.1, -0.05) is 19.8 Å². The lowest BCUT2D eigenvalue weighted by Crippen LogP contribution is -2.43. The van der Waals surface area contributed by atoms with Crippen LogP contribution in [0.4, 0.5) is 0 Å². The molecular weight excluding hydrogens is 292 g/mol. The molecule has 1 aliphatic carbocycles. The van der Waals surface area contributed by atoms with Crippen molar-refractivity contribution in [1.29, 1.82) is 0 Å². The van der Waals surface area contributed by atoms with Crippen LogP contribution in [0.5, 0.6) is 0 Å². The van der Waals surface area contributed by atoms with Gasteiger partial charge >= 0.3 is 0 Å². The van der Waals surface area contributed by atoms with E-state index in [-0.39, 0.29) is 5.54 Å². The molecular formula is C14H24N2O2S2. The smallest absolute Gasteiger partial charge is 0.250 e. The summed E-state index contributed by atoms with van der Waals surface area (Å²) < 4.78 is 28.2. The van der Waals surface area contributed by atoms with Gasteiger partial charge < -0.3 is 5.32 Å². The number of likely N-dealkylation sites (N-methyl/N-ethyl adjacent to an activating group) is 1. The fourth-order valence-electron chi connectivity index (χ4n) is 2.66. The maximum absolute atomic E-state index is 12.4. The maximum atomic E-state index is 12.4. The molecule has 1 aromatic heterocycles. The second-order valence-corrected chi connectivity index (χ2v) is 8.78. The summed E-state index contributed by atoms with van der Waals surface area (Å²) in [7, 11) is -3.36. The molecule has 20 heavy (non-hydrogen) atoms. The Bertz CT molecular complexity index is 531. The van der Waals surface area contributed by atoms with E-state index in [1.165, 1.54) is 11.3 Å². The van der Waals surface area contributed by atoms with Gasteiger partial charge in [0.1, 0.15) is 4.21 Å². The minimum Gasteiger partial charge on any atom is -0.317 e. The summed E-state index contributed by atoms with van der Waals surface area (Å²) in [6, 6.07) is 3.65. The van der Waals surface area contributed by atoms with Gasteiger partial charge in [0.15, 0.2) is 0 Å². The first kappa shape index (κ1) is 15.9. The highest BCUT2D eigenvalue weighted by Gasteiger charge is 2.34. The zero-order valence-electron chi connectivity index (χ0n) is 12.2. The van der Waals surface area contributed by atoms with E-state index in [0.717, 1.165) is 50.1 Å². The number of thiophene rings is 1. The zero-order valence-corrected chi connectivity index (χ0v) is 13.9. The summed E-state index contributed by atoms with van der Waals surface area (Å²) in [6.07, 6.45) is 4.97. The SMILES string of the molecule is CCNCCc1ccc(S(=O)(=O)NC2(C)CCCC2)s1. The fraction of sp³-hybridized carbons (Fsp3) is 0.714. The minimum atomic E-state index is -3.36. The van der Waals surface area contributed by atoms with Crippen LogP contribution in [0.2, 0.25) is 0 Å². The predicted octanol–water partition coefficient (Wildman–Crippen LogP) is 2.51. The van der Waals surface area contributed by atoms with Crippen molar-refractivity contribution in [3.63, 3.8) is 0 Å². The van der Waals surface area contributed by atoms with Crippen molar-refractivity contribution in [2.45, 2.75) is 55.7 Å². The molecule has 0 saturated heterocycles. The van der Waals surface area contributed by atoms with E-state index in [2.05, 4.69) is 17.0 Å². The standard InChI is InChI=1S/C14H24N2O2S2/c1-3-15-11-8-12-6-7-13(19-12)20(17,18)16-14(2)9-4-5-10-14/h6-7,15-16H,3-5,8-11H2,1-2H3.